The van der Waals surface area contributed by atoms with Crippen LogP contribution in [0.4, 0.5) is 4.39 Å². The van der Waals surface area contributed by atoms with Gasteiger partial charge in [-0.15, -0.1) is 0 Å². The van der Waals surface area contributed by atoms with Gasteiger partial charge in [-0.1, -0.05) is 45.7 Å². The van der Waals surface area contributed by atoms with Crippen LogP contribution in [0.15, 0.2) is 67.4 Å². The maximum atomic E-state index is 14.0. The second-order valence-electron chi connectivity index (χ2n) is 7.19. The smallest absolute Gasteiger partial charge is 0.282 e. The molecule has 1 aromatic heterocycles. The Balaban J connectivity index is 1.70. The maximum absolute atomic E-state index is 14.0. The molecule has 0 aliphatic rings. The zero-order valence-electron chi connectivity index (χ0n) is 18.0. The molecular formula is C24H17Br2ClFN3O3. The Morgan fingerprint density at radius 1 is 1.21 bits per heavy atom. The minimum absolute atomic E-state index is 0.0322. The van der Waals surface area contributed by atoms with E-state index in [4.69, 9.17) is 21.1 Å². The van der Waals surface area contributed by atoms with E-state index >= 15 is 0 Å². The summed E-state index contributed by atoms with van der Waals surface area (Å²) in [6.07, 6.45) is 1.47. The van der Waals surface area contributed by atoms with Crippen LogP contribution < -0.4 is 15.0 Å². The number of halogens is 4. The molecule has 3 aromatic carbocycles. The van der Waals surface area contributed by atoms with E-state index in [2.05, 4.69) is 41.9 Å². The molecule has 0 atom stereocenters. The Bertz CT molecular complexity index is 1490. The summed E-state index contributed by atoms with van der Waals surface area (Å²) in [6, 6.07) is 13.3. The summed E-state index contributed by atoms with van der Waals surface area (Å²) in [7, 11) is 1.47. The summed E-state index contributed by atoms with van der Waals surface area (Å²) in [5, 5.41) is 4.99. The van der Waals surface area contributed by atoms with Gasteiger partial charge >= 0.3 is 0 Å². The van der Waals surface area contributed by atoms with Crippen molar-refractivity contribution in [3.63, 3.8) is 0 Å². The molecule has 34 heavy (non-hydrogen) atoms. The number of nitrogens with zero attached hydrogens (tertiary/aromatic N) is 3. The first-order chi connectivity index (χ1) is 16.3. The van der Waals surface area contributed by atoms with Crippen LogP contribution in [-0.2, 0) is 6.61 Å². The summed E-state index contributed by atoms with van der Waals surface area (Å²) < 4.78 is 27.6. The molecule has 0 bridgehead atoms. The predicted octanol–water partition coefficient (Wildman–Crippen LogP) is 6.49. The fourth-order valence-electron chi connectivity index (χ4n) is 3.27. The van der Waals surface area contributed by atoms with Crippen molar-refractivity contribution in [2.75, 3.05) is 7.11 Å². The summed E-state index contributed by atoms with van der Waals surface area (Å²) in [4.78, 5) is 17.4. The highest BCUT2D eigenvalue weighted by Crippen LogP contribution is 2.42. The number of hydrogen-bond acceptors (Lipinski definition) is 5. The quantitative estimate of drug-likeness (QED) is 0.235. The highest BCUT2D eigenvalue weighted by molar-refractivity contribution is 9.10. The van der Waals surface area contributed by atoms with E-state index in [-0.39, 0.29) is 28.8 Å². The number of aryl methyl sites for hydroxylation is 1. The molecule has 4 aromatic rings. The molecule has 0 aliphatic carbocycles. The number of ether oxygens (including phenoxy) is 2. The van der Waals surface area contributed by atoms with Crippen LogP contribution >= 0.6 is 43.5 Å². The van der Waals surface area contributed by atoms with Crippen molar-refractivity contribution in [3.8, 4) is 11.5 Å². The monoisotopic (exact) mass is 607 g/mol. The zero-order valence-corrected chi connectivity index (χ0v) is 21.9. The molecular weight excluding hydrogens is 593 g/mol. The molecule has 0 fully saturated rings. The summed E-state index contributed by atoms with van der Waals surface area (Å²) >= 11 is 13.4. The Kier molecular flexibility index (Phi) is 7.35. The van der Waals surface area contributed by atoms with Gasteiger partial charge < -0.3 is 9.47 Å². The summed E-state index contributed by atoms with van der Waals surface area (Å²) in [5.74, 6) is 0.630. The molecule has 0 aliphatic heterocycles. The van der Waals surface area contributed by atoms with Gasteiger partial charge in [-0.3, -0.25) is 4.79 Å². The SMILES string of the molecule is COc1cc(C=Nn2c(C)nc3ccc(Br)cc3c2=O)c(Br)c(Cl)c1OCc1ccccc1F. The van der Waals surface area contributed by atoms with Crippen LogP contribution in [-0.4, -0.2) is 23.0 Å². The van der Waals surface area contributed by atoms with Crippen molar-refractivity contribution in [1.29, 1.82) is 0 Å². The van der Waals surface area contributed by atoms with Crippen LogP contribution in [0.5, 0.6) is 11.5 Å². The van der Waals surface area contributed by atoms with E-state index in [1.165, 1.54) is 24.1 Å². The maximum Gasteiger partial charge on any atom is 0.282 e. The molecule has 0 spiro atoms. The summed E-state index contributed by atoms with van der Waals surface area (Å²) in [6.45, 7) is 1.66. The van der Waals surface area contributed by atoms with E-state index in [1.807, 2.05) is 6.07 Å². The fourth-order valence-corrected chi connectivity index (χ4v) is 4.28. The predicted molar refractivity (Wildman–Crippen MR) is 138 cm³/mol. The largest absolute Gasteiger partial charge is 0.493 e. The molecule has 0 N–H and O–H groups in total. The standard InChI is InChI=1S/C24H17Br2ClFN3O3/c1-13-30-19-8-7-16(25)10-17(19)24(32)31(13)29-11-15-9-20(33-2)23(22(27)21(15)26)34-12-14-5-3-4-6-18(14)28/h3-11H,12H2,1-2H3. The second kappa shape index (κ2) is 10.2. The third-order valence-electron chi connectivity index (χ3n) is 4.99. The van der Waals surface area contributed by atoms with Crippen molar-refractivity contribution in [2.45, 2.75) is 13.5 Å². The number of fused-ring (bicyclic) bond motifs is 1. The topological polar surface area (TPSA) is 65.7 Å². The minimum atomic E-state index is -0.378. The van der Waals surface area contributed by atoms with Gasteiger partial charge in [-0.25, -0.2) is 9.37 Å². The van der Waals surface area contributed by atoms with Gasteiger partial charge in [0.1, 0.15) is 23.3 Å². The molecule has 0 amide bonds. The molecule has 6 nitrogen and oxygen atoms in total. The van der Waals surface area contributed by atoms with Crippen LogP contribution in [0.3, 0.4) is 0 Å². The molecule has 0 radical (unpaired) electrons. The normalized spacial score (nSPS) is 11.4. The van der Waals surface area contributed by atoms with E-state index in [9.17, 15) is 9.18 Å². The molecule has 0 saturated heterocycles. The Hall–Kier alpha value is -2.75. The number of benzene rings is 3. The van der Waals surface area contributed by atoms with E-state index in [0.717, 1.165) is 4.47 Å². The zero-order chi connectivity index (χ0) is 24.4. The van der Waals surface area contributed by atoms with Crippen molar-refractivity contribution < 1.29 is 13.9 Å². The lowest BCUT2D eigenvalue weighted by molar-refractivity contribution is 0.279. The molecule has 1 heterocycles. The van der Waals surface area contributed by atoms with Gasteiger partial charge in [0.05, 0.1) is 24.2 Å². The van der Waals surface area contributed by atoms with Crippen LogP contribution in [0.1, 0.15) is 17.0 Å². The van der Waals surface area contributed by atoms with Gasteiger partial charge in [-0.2, -0.15) is 9.78 Å². The van der Waals surface area contributed by atoms with Gasteiger partial charge in [0, 0.05) is 20.1 Å². The van der Waals surface area contributed by atoms with Crippen molar-refractivity contribution >= 4 is 60.6 Å². The van der Waals surface area contributed by atoms with Crippen LogP contribution in [0, 0.1) is 12.7 Å². The van der Waals surface area contributed by atoms with Gasteiger partial charge in [0.15, 0.2) is 11.5 Å². The van der Waals surface area contributed by atoms with Gasteiger partial charge in [-0.05, 0) is 53.2 Å². The lowest BCUT2D eigenvalue weighted by Crippen LogP contribution is -2.20. The molecule has 0 unspecified atom stereocenters. The van der Waals surface area contributed by atoms with Gasteiger partial charge in [0.25, 0.3) is 5.56 Å². The highest BCUT2D eigenvalue weighted by Gasteiger charge is 2.18. The fraction of sp³-hybridized carbons (Fsp3) is 0.125. The Labute approximate surface area is 216 Å². The number of hydrogen-bond donors (Lipinski definition) is 0. The first kappa shape index (κ1) is 24.4. The van der Waals surface area contributed by atoms with Crippen molar-refractivity contribution in [3.05, 3.63) is 95.6 Å². The lowest BCUT2D eigenvalue weighted by Gasteiger charge is -2.15. The third kappa shape index (κ3) is 4.87. The van der Waals surface area contributed by atoms with Crippen molar-refractivity contribution in [2.24, 2.45) is 5.10 Å². The minimum Gasteiger partial charge on any atom is -0.493 e. The third-order valence-corrected chi connectivity index (χ3v) is 6.92. The molecule has 4 rings (SSSR count). The number of rotatable bonds is 6. The number of methoxy groups -OCH3 is 1. The second-order valence-corrected chi connectivity index (χ2v) is 9.27. The molecule has 0 saturated carbocycles. The van der Waals surface area contributed by atoms with Gasteiger partial charge in [0.2, 0.25) is 0 Å². The van der Waals surface area contributed by atoms with Crippen LogP contribution in [0.2, 0.25) is 5.02 Å². The average molecular weight is 610 g/mol. The Morgan fingerprint density at radius 2 is 1.97 bits per heavy atom. The summed E-state index contributed by atoms with van der Waals surface area (Å²) in [5.41, 5.74) is 1.20. The highest BCUT2D eigenvalue weighted by atomic mass is 79.9. The number of aromatic nitrogens is 2. The lowest BCUT2D eigenvalue weighted by atomic mass is 10.2. The van der Waals surface area contributed by atoms with E-state index < -0.39 is 0 Å². The van der Waals surface area contributed by atoms with E-state index in [0.29, 0.717) is 38.1 Å². The Morgan fingerprint density at radius 3 is 2.71 bits per heavy atom. The van der Waals surface area contributed by atoms with Crippen molar-refractivity contribution in [1.82, 2.24) is 9.66 Å². The average Bonchev–Trinajstić information content (AvgIpc) is 2.82. The van der Waals surface area contributed by atoms with Crippen LogP contribution in [0.25, 0.3) is 10.9 Å². The van der Waals surface area contributed by atoms with E-state index in [1.54, 1.807) is 43.3 Å². The molecule has 174 valence electrons. The first-order valence-corrected chi connectivity index (χ1v) is 11.9. The first-order valence-electron chi connectivity index (χ1n) is 9.95. The molecule has 10 heteroatoms.